The van der Waals surface area contributed by atoms with E-state index in [1.165, 1.54) is 4.90 Å². The smallest absolute Gasteiger partial charge is 0.338 e. The van der Waals surface area contributed by atoms with Crippen LogP contribution >= 0.6 is 0 Å². The summed E-state index contributed by atoms with van der Waals surface area (Å²) in [6, 6.07) is 11.6. The first-order valence-electron chi connectivity index (χ1n) is 9.45. The number of anilines is 1. The molecule has 29 heavy (non-hydrogen) atoms. The lowest BCUT2D eigenvalue weighted by Crippen LogP contribution is -2.31. The van der Waals surface area contributed by atoms with Crippen LogP contribution in [-0.2, 0) is 9.53 Å². The van der Waals surface area contributed by atoms with Crippen LogP contribution in [0.2, 0.25) is 0 Å². The molecule has 150 valence electrons. The van der Waals surface area contributed by atoms with E-state index >= 15 is 0 Å². The summed E-state index contributed by atoms with van der Waals surface area (Å²) in [4.78, 5) is 50.0. The Hall–Kier alpha value is -3.48. The molecule has 1 aliphatic rings. The van der Waals surface area contributed by atoms with Gasteiger partial charge in [-0.3, -0.25) is 19.3 Å². The molecule has 0 atom stereocenters. The minimum Gasteiger partial charge on any atom is -0.462 e. The maximum absolute atomic E-state index is 12.3. The largest absolute Gasteiger partial charge is 0.462 e. The van der Waals surface area contributed by atoms with Gasteiger partial charge in [0.15, 0.2) is 0 Å². The molecule has 0 aromatic heterocycles. The average Bonchev–Trinajstić information content (AvgIpc) is 2.95. The van der Waals surface area contributed by atoms with Crippen molar-refractivity contribution in [2.75, 3.05) is 18.5 Å². The summed E-state index contributed by atoms with van der Waals surface area (Å²) in [6.07, 6.45) is 0.477. The number of ether oxygens (including phenoxy) is 1. The minimum atomic E-state index is -0.450. The van der Waals surface area contributed by atoms with Crippen LogP contribution in [-0.4, -0.2) is 41.7 Å². The molecular weight excluding hydrogens is 372 g/mol. The standard InChI is InChI=1S/C22H22N2O5/c1-3-29-22(28)15-11-10-14(2)18(13-15)23-19(25)9-6-12-24-20(26)16-7-4-5-8-17(16)21(24)27/h4-5,7-8,10-11,13H,3,6,9,12H2,1-2H3,(H,23,25). The Morgan fingerprint density at radius 1 is 1.03 bits per heavy atom. The summed E-state index contributed by atoms with van der Waals surface area (Å²) in [6.45, 7) is 3.99. The van der Waals surface area contributed by atoms with E-state index in [1.807, 2.05) is 6.92 Å². The van der Waals surface area contributed by atoms with E-state index in [-0.39, 0.29) is 37.3 Å². The number of amides is 3. The Bertz CT molecular complexity index is 948. The Morgan fingerprint density at radius 3 is 2.31 bits per heavy atom. The monoisotopic (exact) mass is 394 g/mol. The number of esters is 1. The predicted octanol–water partition coefficient (Wildman–Crippen LogP) is 3.19. The highest BCUT2D eigenvalue weighted by atomic mass is 16.5. The highest BCUT2D eigenvalue weighted by Crippen LogP contribution is 2.23. The lowest BCUT2D eigenvalue weighted by molar-refractivity contribution is -0.116. The second-order valence-electron chi connectivity index (χ2n) is 6.71. The molecule has 0 fully saturated rings. The lowest BCUT2D eigenvalue weighted by atomic mass is 10.1. The Labute approximate surface area is 168 Å². The number of aryl methyl sites for hydroxylation is 1. The van der Waals surface area contributed by atoms with Crippen LogP contribution in [0.4, 0.5) is 5.69 Å². The van der Waals surface area contributed by atoms with Gasteiger partial charge in [0.05, 0.1) is 23.3 Å². The molecule has 2 aromatic carbocycles. The van der Waals surface area contributed by atoms with E-state index < -0.39 is 5.97 Å². The second-order valence-corrected chi connectivity index (χ2v) is 6.71. The summed E-state index contributed by atoms with van der Waals surface area (Å²) in [7, 11) is 0. The van der Waals surface area contributed by atoms with Crippen LogP contribution in [0.15, 0.2) is 42.5 Å². The quantitative estimate of drug-likeness (QED) is 0.575. The number of nitrogens with one attached hydrogen (secondary N) is 1. The second kappa shape index (κ2) is 8.68. The molecule has 0 aliphatic carbocycles. The number of hydrogen-bond donors (Lipinski definition) is 1. The number of benzene rings is 2. The number of nitrogens with zero attached hydrogens (tertiary/aromatic N) is 1. The van der Waals surface area contributed by atoms with Crippen molar-refractivity contribution >= 4 is 29.4 Å². The van der Waals surface area contributed by atoms with Crippen molar-refractivity contribution in [1.82, 2.24) is 4.90 Å². The van der Waals surface area contributed by atoms with Gasteiger partial charge in [-0.25, -0.2) is 4.79 Å². The van der Waals surface area contributed by atoms with Crippen molar-refractivity contribution in [3.8, 4) is 0 Å². The van der Waals surface area contributed by atoms with Crippen molar-refractivity contribution in [2.24, 2.45) is 0 Å². The van der Waals surface area contributed by atoms with Crippen LogP contribution in [0, 0.1) is 6.92 Å². The van der Waals surface area contributed by atoms with Crippen molar-refractivity contribution in [3.05, 3.63) is 64.7 Å². The molecule has 0 unspecified atom stereocenters. The van der Waals surface area contributed by atoms with Gasteiger partial charge in [-0.1, -0.05) is 18.2 Å². The SMILES string of the molecule is CCOC(=O)c1ccc(C)c(NC(=O)CCCN2C(=O)c3ccccc3C2=O)c1. The zero-order valence-corrected chi connectivity index (χ0v) is 16.4. The molecule has 0 spiro atoms. The molecule has 7 heteroatoms. The third-order valence-corrected chi connectivity index (χ3v) is 4.69. The van der Waals surface area contributed by atoms with Gasteiger partial charge in [-0.05, 0) is 50.1 Å². The molecule has 0 saturated carbocycles. The minimum absolute atomic E-state index is 0.135. The van der Waals surface area contributed by atoms with E-state index in [4.69, 9.17) is 4.74 Å². The van der Waals surface area contributed by atoms with Crippen LogP contribution in [0.5, 0.6) is 0 Å². The van der Waals surface area contributed by atoms with Crippen LogP contribution in [0.1, 0.15) is 56.4 Å². The summed E-state index contributed by atoms with van der Waals surface area (Å²) in [5.41, 5.74) is 2.49. The molecule has 1 aliphatic heterocycles. The molecule has 1 N–H and O–H groups in total. The average molecular weight is 394 g/mol. The number of carbonyl (C=O) groups excluding carboxylic acids is 4. The maximum Gasteiger partial charge on any atom is 0.338 e. The highest BCUT2D eigenvalue weighted by molar-refractivity contribution is 6.21. The van der Waals surface area contributed by atoms with E-state index in [0.29, 0.717) is 28.8 Å². The Morgan fingerprint density at radius 2 is 1.69 bits per heavy atom. The van der Waals surface area contributed by atoms with Gasteiger partial charge in [-0.15, -0.1) is 0 Å². The summed E-state index contributed by atoms with van der Waals surface area (Å²) in [5, 5.41) is 2.78. The van der Waals surface area contributed by atoms with Gasteiger partial charge in [0.1, 0.15) is 0 Å². The van der Waals surface area contributed by atoms with Crippen molar-refractivity contribution in [1.29, 1.82) is 0 Å². The first kappa shape index (κ1) is 20.3. The molecular formula is C22H22N2O5. The zero-order valence-electron chi connectivity index (χ0n) is 16.4. The Balaban J connectivity index is 1.56. The Kier molecular flexibility index (Phi) is 6.07. The molecule has 0 bridgehead atoms. The maximum atomic E-state index is 12.3. The summed E-state index contributed by atoms with van der Waals surface area (Å²) < 4.78 is 4.98. The normalized spacial score (nSPS) is 12.7. The highest BCUT2D eigenvalue weighted by Gasteiger charge is 2.34. The van der Waals surface area contributed by atoms with Gasteiger partial charge < -0.3 is 10.1 Å². The van der Waals surface area contributed by atoms with Crippen LogP contribution in [0.25, 0.3) is 0 Å². The number of carbonyl (C=O) groups is 4. The van der Waals surface area contributed by atoms with Crippen molar-refractivity contribution < 1.29 is 23.9 Å². The predicted molar refractivity (Wildman–Crippen MR) is 107 cm³/mol. The van der Waals surface area contributed by atoms with Gasteiger partial charge in [0.2, 0.25) is 5.91 Å². The van der Waals surface area contributed by atoms with E-state index in [0.717, 1.165) is 5.56 Å². The van der Waals surface area contributed by atoms with E-state index in [9.17, 15) is 19.2 Å². The number of fused-ring (bicyclic) bond motifs is 1. The fourth-order valence-corrected chi connectivity index (χ4v) is 3.15. The van der Waals surface area contributed by atoms with Crippen LogP contribution < -0.4 is 5.32 Å². The lowest BCUT2D eigenvalue weighted by Gasteiger charge is -2.14. The van der Waals surface area contributed by atoms with Gasteiger partial charge in [-0.2, -0.15) is 0 Å². The van der Waals surface area contributed by atoms with Crippen molar-refractivity contribution in [2.45, 2.75) is 26.7 Å². The molecule has 3 rings (SSSR count). The van der Waals surface area contributed by atoms with Gasteiger partial charge in [0.25, 0.3) is 11.8 Å². The molecule has 0 saturated heterocycles. The number of rotatable bonds is 7. The zero-order chi connectivity index (χ0) is 21.0. The number of imide groups is 1. The van der Waals surface area contributed by atoms with Crippen LogP contribution in [0.3, 0.4) is 0 Å². The molecule has 2 aromatic rings. The number of hydrogen-bond acceptors (Lipinski definition) is 5. The topological polar surface area (TPSA) is 92.8 Å². The van der Waals surface area contributed by atoms with Gasteiger partial charge >= 0.3 is 5.97 Å². The molecule has 7 nitrogen and oxygen atoms in total. The fraction of sp³-hybridized carbons (Fsp3) is 0.273. The first-order chi connectivity index (χ1) is 13.9. The van der Waals surface area contributed by atoms with Crippen molar-refractivity contribution in [3.63, 3.8) is 0 Å². The molecule has 0 radical (unpaired) electrons. The van der Waals surface area contributed by atoms with E-state index in [1.54, 1.807) is 49.4 Å². The summed E-state index contributed by atoms with van der Waals surface area (Å²) >= 11 is 0. The first-order valence-corrected chi connectivity index (χ1v) is 9.45. The fourth-order valence-electron chi connectivity index (χ4n) is 3.15. The third kappa shape index (κ3) is 4.34. The third-order valence-electron chi connectivity index (χ3n) is 4.69. The molecule has 3 amide bonds. The molecule has 1 heterocycles. The van der Waals surface area contributed by atoms with Gasteiger partial charge in [0, 0.05) is 18.7 Å². The summed E-state index contributed by atoms with van der Waals surface area (Å²) in [5.74, 6) is -1.37. The van der Waals surface area contributed by atoms with E-state index in [2.05, 4.69) is 5.32 Å².